The van der Waals surface area contributed by atoms with Crippen molar-refractivity contribution in [1.29, 1.82) is 0 Å². The summed E-state index contributed by atoms with van der Waals surface area (Å²) in [5.41, 5.74) is 0. The van der Waals surface area contributed by atoms with E-state index in [1.807, 2.05) is 6.92 Å². The highest BCUT2D eigenvalue weighted by Gasteiger charge is 2.10. The Balaban J connectivity index is 3.87. The third-order valence-corrected chi connectivity index (χ3v) is 1.90. The predicted molar refractivity (Wildman–Crippen MR) is 56.5 cm³/mol. The van der Waals surface area contributed by atoms with Crippen molar-refractivity contribution >= 4 is 11.9 Å². The topological polar surface area (TPSA) is 65.1 Å². The Morgan fingerprint density at radius 2 is 1.44 bits per heavy atom. The molecule has 0 aliphatic rings. The lowest BCUT2D eigenvalue weighted by molar-refractivity contribution is -0.168. The van der Waals surface area contributed by atoms with Crippen molar-refractivity contribution in [2.75, 3.05) is 33.9 Å². The molecule has 0 heterocycles. The van der Waals surface area contributed by atoms with Crippen LogP contribution >= 0.6 is 0 Å². The van der Waals surface area contributed by atoms with Gasteiger partial charge in [0, 0.05) is 13.1 Å². The van der Waals surface area contributed by atoms with Crippen LogP contribution in [0.25, 0.3) is 0 Å². The highest BCUT2D eigenvalue weighted by Crippen LogP contribution is 1.98. The Bertz CT molecular complexity index is 199. The summed E-state index contributed by atoms with van der Waals surface area (Å²) >= 11 is 0. The summed E-state index contributed by atoms with van der Waals surface area (Å²) in [6.07, 6.45) is 0.468. The van der Waals surface area contributed by atoms with Gasteiger partial charge in [0.15, 0.2) is 0 Å². The number of methoxy groups -OCH3 is 2. The van der Waals surface area contributed by atoms with Gasteiger partial charge in [-0.05, 0) is 6.92 Å². The van der Waals surface area contributed by atoms with Gasteiger partial charge in [-0.2, -0.15) is 5.06 Å². The highest BCUT2D eigenvalue weighted by molar-refractivity contribution is 5.69. The Morgan fingerprint density at radius 1 is 1.00 bits per heavy atom. The standard InChI is InChI=1S/C10H19NO5/c1-4-16-11(7-5-9(12)14-2)8-6-10(13)15-3/h4-8H2,1-3H3. The fourth-order valence-electron chi connectivity index (χ4n) is 1.06. The molecule has 0 saturated carbocycles. The summed E-state index contributed by atoms with van der Waals surface area (Å²) in [6, 6.07) is 0. The smallest absolute Gasteiger partial charge is 0.306 e. The maximum absolute atomic E-state index is 10.9. The maximum Gasteiger partial charge on any atom is 0.306 e. The zero-order chi connectivity index (χ0) is 12.4. The monoisotopic (exact) mass is 233 g/mol. The van der Waals surface area contributed by atoms with Gasteiger partial charge >= 0.3 is 11.9 Å². The van der Waals surface area contributed by atoms with E-state index in [0.29, 0.717) is 19.7 Å². The summed E-state index contributed by atoms with van der Waals surface area (Å²) in [4.78, 5) is 27.1. The molecular formula is C10H19NO5. The van der Waals surface area contributed by atoms with Crippen LogP contribution in [0.2, 0.25) is 0 Å². The van der Waals surface area contributed by atoms with Crippen molar-refractivity contribution in [2.24, 2.45) is 0 Å². The average Bonchev–Trinajstić information content (AvgIpc) is 2.31. The molecule has 0 N–H and O–H groups in total. The van der Waals surface area contributed by atoms with Crippen LogP contribution in [0.15, 0.2) is 0 Å². The summed E-state index contributed by atoms with van der Waals surface area (Å²) in [7, 11) is 2.67. The first-order valence-corrected chi connectivity index (χ1v) is 5.15. The van der Waals surface area contributed by atoms with Crippen molar-refractivity contribution in [1.82, 2.24) is 5.06 Å². The first-order chi connectivity index (χ1) is 7.63. The fraction of sp³-hybridized carbons (Fsp3) is 0.800. The van der Waals surface area contributed by atoms with Crippen LogP contribution in [0, 0.1) is 0 Å². The van der Waals surface area contributed by atoms with E-state index < -0.39 is 0 Å². The predicted octanol–water partition coefficient (Wildman–Crippen LogP) is 0.366. The van der Waals surface area contributed by atoms with E-state index in [1.54, 1.807) is 5.06 Å². The molecule has 0 amide bonds. The van der Waals surface area contributed by atoms with E-state index in [1.165, 1.54) is 14.2 Å². The van der Waals surface area contributed by atoms with Gasteiger partial charge in [0.2, 0.25) is 0 Å². The second-order valence-corrected chi connectivity index (χ2v) is 3.00. The number of carbonyl (C=O) groups excluding carboxylic acids is 2. The Hall–Kier alpha value is -1.14. The van der Waals surface area contributed by atoms with Crippen LogP contribution < -0.4 is 0 Å². The largest absolute Gasteiger partial charge is 0.469 e. The van der Waals surface area contributed by atoms with E-state index in [2.05, 4.69) is 9.47 Å². The minimum absolute atomic E-state index is 0.234. The van der Waals surface area contributed by atoms with Crippen molar-refractivity contribution in [3.05, 3.63) is 0 Å². The van der Waals surface area contributed by atoms with Gasteiger partial charge in [0.05, 0.1) is 33.7 Å². The summed E-state index contributed by atoms with van der Waals surface area (Å²) in [5.74, 6) is -0.606. The number of hydrogen-bond acceptors (Lipinski definition) is 6. The number of ether oxygens (including phenoxy) is 2. The number of nitrogens with zero attached hydrogens (tertiary/aromatic N) is 1. The van der Waals surface area contributed by atoms with Crippen molar-refractivity contribution in [3.63, 3.8) is 0 Å². The lowest BCUT2D eigenvalue weighted by Crippen LogP contribution is -2.29. The summed E-state index contributed by atoms with van der Waals surface area (Å²) < 4.78 is 9.03. The van der Waals surface area contributed by atoms with E-state index in [0.717, 1.165) is 0 Å². The molecule has 0 radical (unpaired) electrons. The molecule has 16 heavy (non-hydrogen) atoms. The zero-order valence-corrected chi connectivity index (χ0v) is 10.0. The summed E-state index contributed by atoms with van der Waals surface area (Å²) in [5, 5.41) is 1.56. The Morgan fingerprint density at radius 3 is 1.75 bits per heavy atom. The maximum atomic E-state index is 10.9. The van der Waals surface area contributed by atoms with Crippen LogP contribution in [-0.2, 0) is 23.9 Å². The molecule has 6 heteroatoms. The van der Waals surface area contributed by atoms with Crippen LogP contribution in [0.3, 0.4) is 0 Å². The van der Waals surface area contributed by atoms with Crippen LogP contribution in [-0.4, -0.2) is 50.9 Å². The molecule has 0 aliphatic heterocycles. The van der Waals surface area contributed by atoms with Crippen LogP contribution in [0.5, 0.6) is 0 Å². The molecular weight excluding hydrogens is 214 g/mol. The Labute approximate surface area is 95.4 Å². The molecule has 0 unspecified atom stereocenters. The minimum atomic E-state index is -0.303. The third-order valence-electron chi connectivity index (χ3n) is 1.90. The van der Waals surface area contributed by atoms with Crippen molar-refractivity contribution in [3.8, 4) is 0 Å². The van der Waals surface area contributed by atoms with Gasteiger partial charge < -0.3 is 9.47 Å². The number of rotatable bonds is 8. The second-order valence-electron chi connectivity index (χ2n) is 3.00. The van der Waals surface area contributed by atoms with Gasteiger partial charge in [0.1, 0.15) is 0 Å². The van der Waals surface area contributed by atoms with E-state index in [4.69, 9.17) is 4.84 Å². The number of hydrogen-bond donors (Lipinski definition) is 0. The highest BCUT2D eigenvalue weighted by atomic mass is 16.7. The van der Waals surface area contributed by atoms with Crippen molar-refractivity contribution < 1.29 is 23.9 Å². The molecule has 0 rings (SSSR count). The molecule has 94 valence electrons. The molecule has 0 bridgehead atoms. The molecule has 0 atom stereocenters. The number of carbonyl (C=O) groups is 2. The van der Waals surface area contributed by atoms with Gasteiger partial charge in [0.25, 0.3) is 0 Å². The normalized spacial score (nSPS) is 10.2. The van der Waals surface area contributed by atoms with E-state index in [9.17, 15) is 9.59 Å². The SMILES string of the molecule is CCON(CCC(=O)OC)CCC(=O)OC. The van der Waals surface area contributed by atoms with Gasteiger partial charge in [-0.3, -0.25) is 14.4 Å². The fourth-order valence-corrected chi connectivity index (χ4v) is 1.06. The molecule has 0 aliphatic carbocycles. The quantitative estimate of drug-likeness (QED) is 0.445. The zero-order valence-electron chi connectivity index (χ0n) is 10.0. The van der Waals surface area contributed by atoms with Crippen molar-refractivity contribution in [2.45, 2.75) is 19.8 Å². The molecule has 0 aromatic rings. The molecule has 6 nitrogen and oxygen atoms in total. The Kier molecular flexibility index (Phi) is 8.46. The number of esters is 2. The molecule has 0 aromatic carbocycles. The molecule has 0 saturated heterocycles. The minimum Gasteiger partial charge on any atom is -0.469 e. The van der Waals surface area contributed by atoms with Crippen LogP contribution in [0.1, 0.15) is 19.8 Å². The number of hydroxylamine groups is 2. The first-order valence-electron chi connectivity index (χ1n) is 5.15. The first kappa shape index (κ1) is 14.9. The van der Waals surface area contributed by atoms with Gasteiger partial charge in [-0.15, -0.1) is 0 Å². The third kappa shape index (κ3) is 7.19. The second kappa shape index (κ2) is 9.11. The lowest BCUT2D eigenvalue weighted by atomic mass is 10.4. The van der Waals surface area contributed by atoms with Crippen LogP contribution in [0.4, 0.5) is 0 Å². The van der Waals surface area contributed by atoms with Gasteiger partial charge in [-0.1, -0.05) is 0 Å². The lowest BCUT2D eigenvalue weighted by Gasteiger charge is -2.19. The van der Waals surface area contributed by atoms with E-state index in [-0.39, 0.29) is 24.8 Å². The molecule has 0 fully saturated rings. The molecule has 0 spiro atoms. The molecule has 0 aromatic heterocycles. The van der Waals surface area contributed by atoms with Gasteiger partial charge in [-0.25, -0.2) is 0 Å². The summed E-state index contributed by atoms with van der Waals surface area (Å²) in [6.45, 7) is 3.13. The average molecular weight is 233 g/mol. The van der Waals surface area contributed by atoms with E-state index >= 15 is 0 Å².